The van der Waals surface area contributed by atoms with Crippen LogP contribution in [0.25, 0.3) is 0 Å². The quantitative estimate of drug-likeness (QED) is 0.450. The molecule has 0 aromatic rings. The van der Waals surface area contributed by atoms with E-state index in [1.165, 1.54) is 0 Å². The molecule has 0 bridgehead atoms. The van der Waals surface area contributed by atoms with Crippen LogP contribution in [-0.2, 0) is 4.74 Å². The van der Waals surface area contributed by atoms with Gasteiger partial charge >= 0.3 is 0 Å². The molecule has 0 aromatic carbocycles. The molecule has 0 saturated carbocycles. The van der Waals surface area contributed by atoms with Gasteiger partial charge in [-0.1, -0.05) is 6.08 Å². The van der Waals surface area contributed by atoms with Crippen LogP contribution >= 0.6 is 0 Å². The molecule has 12 heavy (non-hydrogen) atoms. The predicted molar refractivity (Wildman–Crippen MR) is 47.4 cm³/mol. The van der Waals surface area contributed by atoms with Crippen molar-refractivity contribution in [2.75, 3.05) is 26.4 Å². The Morgan fingerprint density at radius 3 is 2.92 bits per heavy atom. The highest BCUT2D eigenvalue weighted by Crippen LogP contribution is 2.14. The highest BCUT2D eigenvalue weighted by atomic mass is 16.6. The molecule has 2 aliphatic rings. The normalized spacial score (nSPS) is 26.5. The summed E-state index contributed by atoms with van der Waals surface area (Å²) in [5.41, 5.74) is 0. The fourth-order valence-electron chi connectivity index (χ4n) is 1.35. The van der Waals surface area contributed by atoms with Gasteiger partial charge in [0, 0.05) is 25.5 Å². The van der Waals surface area contributed by atoms with Gasteiger partial charge in [-0.05, 0) is 0 Å². The minimum Gasteiger partial charge on any atom is -0.371 e. The number of hydrogen-bond acceptors (Lipinski definition) is 3. The van der Waals surface area contributed by atoms with E-state index >= 15 is 0 Å². The molecule has 0 aromatic heterocycles. The second kappa shape index (κ2) is 3.19. The zero-order chi connectivity index (χ0) is 8.39. The third-order valence-corrected chi connectivity index (χ3v) is 2.06. The van der Waals surface area contributed by atoms with E-state index in [0.717, 1.165) is 26.4 Å². The summed E-state index contributed by atoms with van der Waals surface area (Å²) in [6, 6.07) is 0. The fourth-order valence-corrected chi connectivity index (χ4v) is 1.35. The average Bonchev–Trinajstić information content (AvgIpc) is 2.74. The van der Waals surface area contributed by atoms with Crippen LogP contribution in [0.1, 0.15) is 0 Å². The van der Waals surface area contributed by atoms with E-state index in [1.807, 2.05) is 6.08 Å². The molecular weight excluding hydrogens is 152 g/mol. The molecule has 0 N–H and O–H groups in total. The summed E-state index contributed by atoms with van der Waals surface area (Å²) in [5, 5.41) is 0. The van der Waals surface area contributed by atoms with Crippen LogP contribution in [0.3, 0.4) is 0 Å². The Labute approximate surface area is 72.9 Å². The van der Waals surface area contributed by atoms with E-state index in [2.05, 4.69) is 28.8 Å². The van der Waals surface area contributed by atoms with E-state index in [-0.39, 0.29) is 0 Å². The maximum Gasteiger partial charge on any atom is 0.0984 e. The Bertz CT molecular complexity index is 199. The summed E-state index contributed by atoms with van der Waals surface area (Å²) < 4.78 is 5.15. The molecule has 0 radical (unpaired) electrons. The van der Waals surface area contributed by atoms with Gasteiger partial charge in [-0.15, -0.1) is 6.58 Å². The first kappa shape index (κ1) is 7.68. The van der Waals surface area contributed by atoms with E-state index in [9.17, 15) is 0 Å². The molecule has 0 aliphatic carbocycles. The van der Waals surface area contributed by atoms with Crippen molar-refractivity contribution in [3.63, 3.8) is 0 Å². The summed E-state index contributed by atoms with van der Waals surface area (Å²) in [6.45, 7) is 7.58. The molecule has 66 valence electrons. The molecule has 3 nitrogen and oxygen atoms in total. The van der Waals surface area contributed by atoms with Gasteiger partial charge in [0.05, 0.1) is 19.4 Å². The van der Waals surface area contributed by atoms with Gasteiger partial charge in [0.1, 0.15) is 0 Å². The van der Waals surface area contributed by atoms with Crippen LogP contribution in [0.5, 0.6) is 0 Å². The van der Waals surface area contributed by atoms with Gasteiger partial charge in [-0.3, -0.25) is 0 Å². The van der Waals surface area contributed by atoms with Crippen molar-refractivity contribution in [1.82, 2.24) is 9.80 Å². The Morgan fingerprint density at radius 1 is 1.50 bits per heavy atom. The van der Waals surface area contributed by atoms with Crippen molar-refractivity contribution in [2.24, 2.45) is 0 Å². The third kappa shape index (κ3) is 1.80. The third-order valence-electron chi connectivity index (χ3n) is 2.06. The first-order valence-electron chi connectivity index (χ1n) is 4.27. The van der Waals surface area contributed by atoms with E-state index < -0.39 is 0 Å². The standard InChI is InChI=1S/C9H14N2O/c1-2-3-10-4-5-11(8-10)6-9-7-12-9/h2,4-5,9H,1,3,6-8H2. The lowest BCUT2D eigenvalue weighted by atomic mass is 10.4. The number of hydrogen-bond donors (Lipinski definition) is 0. The summed E-state index contributed by atoms with van der Waals surface area (Å²) in [7, 11) is 0. The Balaban J connectivity index is 1.74. The highest BCUT2D eigenvalue weighted by Gasteiger charge is 2.25. The Hall–Kier alpha value is -0.960. The van der Waals surface area contributed by atoms with Gasteiger partial charge in [-0.25, -0.2) is 0 Å². The lowest BCUT2D eigenvalue weighted by molar-refractivity contribution is 0.255. The number of nitrogens with zero attached hydrogens (tertiary/aromatic N) is 2. The lowest BCUT2D eigenvalue weighted by Gasteiger charge is -2.18. The van der Waals surface area contributed by atoms with Gasteiger partial charge in [-0.2, -0.15) is 0 Å². The summed E-state index contributed by atoms with van der Waals surface area (Å²) in [6.07, 6.45) is 6.62. The summed E-state index contributed by atoms with van der Waals surface area (Å²) in [5.74, 6) is 0. The molecular formula is C9H14N2O. The molecule has 2 aliphatic heterocycles. The summed E-state index contributed by atoms with van der Waals surface area (Å²) >= 11 is 0. The topological polar surface area (TPSA) is 19.0 Å². The van der Waals surface area contributed by atoms with E-state index in [0.29, 0.717) is 6.10 Å². The average molecular weight is 166 g/mol. The minimum atomic E-state index is 0.485. The van der Waals surface area contributed by atoms with Gasteiger partial charge in [0.15, 0.2) is 0 Å². The number of ether oxygens (including phenoxy) is 1. The van der Waals surface area contributed by atoms with Crippen molar-refractivity contribution in [2.45, 2.75) is 6.10 Å². The molecule has 2 heterocycles. The maximum absolute atomic E-state index is 5.15. The monoisotopic (exact) mass is 166 g/mol. The van der Waals surface area contributed by atoms with Crippen molar-refractivity contribution in [1.29, 1.82) is 0 Å². The van der Waals surface area contributed by atoms with Crippen LogP contribution in [-0.4, -0.2) is 42.3 Å². The molecule has 1 saturated heterocycles. The van der Waals surface area contributed by atoms with Crippen LogP contribution in [0.4, 0.5) is 0 Å². The molecule has 2 rings (SSSR count). The van der Waals surface area contributed by atoms with Gasteiger partial charge in [0.2, 0.25) is 0 Å². The predicted octanol–water partition coefficient (Wildman–Crippen LogP) is 0.617. The first-order chi connectivity index (χ1) is 5.88. The van der Waals surface area contributed by atoms with Crippen molar-refractivity contribution < 1.29 is 4.74 Å². The molecule has 0 amide bonds. The molecule has 0 spiro atoms. The molecule has 1 unspecified atom stereocenters. The van der Waals surface area contributed by atoms with Crippen LogP contribution in [0.2, 0.25) is 0 Å². The van der Waals surface area contributed by atoms with E-state index in [1.54, 1.807) is 0 Å². The summed E-state index contributed by atoms with van der Waals surface area (Å²) in [4.78, 5) is 4.48. The first-order valence-corrected chi connectivity index (χ1v) is 4.27. The van der Waals surface area contributed by atoms with Crippen molar-refractivity contribution in [3.05, 3.63) is 25.1 Å². The Morgan fingerprint density at radius 2 is 2.25 bits per heavy atom. The lowest BCUT2D eigenvalue weighted by Crippen LogP contribution is -2.28. The second-order valence-corrected chi connectivity index (χ2v) is 3.23. The second-order valence-electron chi connectivity index (χ2n) is 3.23. The molecule has 1 atom stereocenters. The van der Waals surface area contributed by atoms with Crippen molar-refractivity contribution >= 4 is 0 Å². The van der Waals surface area contributed by atoms with E-state index in [4.69, 9.17) is 4.74 Å². The van der Waals surface area contributed by atoms with Crippen LogP contribution in [0.15, 0.2) is 25.1 Å². The smallest absolute Gasteiger partial charge is 0.0984 e. The van der Waals surface area contributed by atoms with Crippen LogP contribution < -0.4 is 0 Å². The number of rotatable bonds is 4. The van der Waals surface area contributed by atoms with Crippen molar-refractivity contribution in [3.8, 4) is 0 Å². The highest BCUT2D eigenvalue weighted by molar-refractivity contribution is 4.94. The van der Waals surface area contributed by atoms with Gasteiger partial charge < -0.3 is 14.5 Å². The largest absolute Gasteiger partial charge is 0.371 e. The Kier molecular flexibility index (Phi) is 2.04. The SMILES string of the molecule is C=CCN1C=CN(CC2CO2)C1. The zero-order valence-corrected chi connectivity index (χ0v) is 7.15. The van der Waals surface area contributed by atoms with Crippen LogP contribution in [0, 0.1) is 0 Å². The fraction of sp³-hybridized carbons (Fsp3) is 0.556. The van der Waals surface area contributed by atoms with Gasteiger partial charge in [0.25, 0.3) is 0 Å². The minimum absolute atomic E-state index is 0.485. The zero-order valence-electron chi connectivity index (χ0n) is 7.15. The number of epoxide rings is 1. The maximum atomic E-state index is 5.15. The molecule has 3 heteroatoms. The molecule has 1 fully saturated rings.